The average Bonchev–Trinajstić information content (AvgIpc) is 1.81. The Bertz CT molecular complexity index is 31.5. The van der Waals surface area contributed by atoms with Crippen LogP contribution < -0.4 is 0 Å². The maximum absolute atomic E-state index is 3.43. The van der Waals surface area contributed by atoms with Gasteiger partial charge in [-0.2, -0.15) is 12.3 Å². The van der Waals surface area contributed by atoms with E-state index in [0.717, 1.165) is 12.3 Å². The summed E-state index contributed by atoms with van der Waals surface area (Å²) in [4.78, 5) is 0. The highest BCUT2D eigenvalue weighted by Gasteiger charge is 1.78. The van der Waals surface area contributed by atoms with E-state index in [0.29, 0.717) is 0 Å². The van der Waals surface area contributed by atoms with Crippen LogP contribution in [0.15, 0.2) is 0 Å². The highest BCUT2D eigenvalue weighted by Crippen LogP contribution is 2.02. The van der Waals surface area contributed by atoms with Crippen molar-refractivity contribution < 1.29 is 0 Å². The van der Waals surface area contributed by atoms with Gasteiger partial charge in [-0.05, 0) is 0 Å². The summed E-state index contributed by atoms with van der Waals surface area (Å²) in [5.41, 5.74) is 0. The summed E-state index contributed by atoms with van der Waals surface area (Å²) >= 11 is 0. The van der Waals surface area contributed by atoms with Crippen LogP contribution >= 0.6 is 18.5 Å². The summed E-state index contributed by atoms with van der Waals surface area (Å²) < 4.78 is 0. The second kappa shape index (κ2) is 7.86. The molecule has 0 atom stereocenters. The quantitative estimate of drug-likeness (QED) is 0.415. The van der Waals surface area contributed by atoms with Gasteiger partial charge < -0.3 is 18.5 Å². The second-order valence-corrected chi connectivity index (χ2v) is 2.91. The molecule has 0 radical (unpaired) electrons. The molecule has 50 valence electrons. The largest absolute Gasteiger partial charge is 0.558 e. The molecule has 0 rings (SSSR count). The minimum Gasteiger partial charge on any atom is -0.558 e. The zero-order chi connectivity index (χ0) is 6.24. The Balaban J connectivity index is 2.53. The van der Waals surface area contributed by atoms with Crippen molar-refractivity contribution in [3.8, 4) is 0 Å². The van der Waals surface area contributed by atoms with Gasteiger partial charge in [-0.3, -0.25) is 0 Å². The van der Waals surface area contributed by atoms with E-state index < -0.39 is 0 Å². The molecule has 0 bridgehead atoms. The van der Waals surface area contributed by atoms with Crippen molar-refractivity contribution >= 4 is 18.5 Å². The first kappa shape index (κ1) is 8.86. The van der Waals surface area contributed by atoms with E-state index in [1.54, 1.807) is 0 Å². The van der Waals surface area contributed by atoms with Crippen LogP contribution in [0.25, 0.3) is 0 Å². The third-order valence-corrected chi connectivity index (χ3v) is 1.81. The molecule has 0 aromatic heterocycles. The van der Waals surface area contributed by atoms with Crippen molar-refractivity contribution in [2.45, 2.75) is 25.7 Å². The minimum atomic E-state index is 1.15. The molecule has 0 fully saturated rings. The lowest BCUT2D eigenvalue weighted by atomic mass is 10.2. The van der Waals surface area contributed by atoms with Gasteiger partial charge in [0.1, 0.15) is 0 Å². The normalized spacial score (nSPS) is 9.75. The fourth-order valence-corrected chi connectivity index (χ4v) is 1.10. The third kappa shape index (κ3) is 6.86. The van der Waals surface area contributed by atoms with Crippen molar-refractivity contribution in [1.82, 2.24) is 0 Å². The molecular weight excluding hydrogens is 134 g/mol. The highest BCUT2D eigenvalue weighted by molar-refractivity contribution is 7.16. The van der Waals surface area contributed by atoms with Crippen molar-refractivity contribution in [3.05, 3.63) is 0 Å². The Morgan fingerprint density at radius 1 is 0.625 bits per heavy atom. The lowest BCUT2D eigenvalue weighted by Gasteiger charge is -2.01. The molecule has 2 heteroatoms. The molecule has 0 saturated heterocycles. The molecule has 0 aromatic rings. The molecule has 0 aliphatic heterocycles. The Kier molecular flexibility index (Phi) is 8.70. The summed E-state index contributed by atoms with van der Waals surface area (Å²) in [5.74, 6) is 0. The summed E-state index contributed by atoms with van der Waals surface area (Å²) in [6.07, 6.45) is 7.69. The van der Waals surface area contributed by atoms with Gasteiger partial charge in [-0.25, -0.2) is 0 Å². The number of hydrogen-bond acceptors (Lipinski definition) is 0. The summed E-state index contributed by atoms with van der Waals surface area (Å²) in [5, 5.41) is 0. The van der Waals surface area contributed by atoms with E-state index in [2.05, 4.69) is 18.5 Å². The predicted molar refractivity (Wildman–Crippen MR) is 44.8 cm³/mol. The SMILES string of the molecule is [PH-]CCCCCC[PH-]. The van der Waals surface area contributed by atoms with Gasteiger partial charge in [-0.15, -0.1) is 0 Å². The zero-order valence-electron chi connectivity index (χ0n) is 5.24. The van der Waals surface area contributed by atoms with E-state index in [9.17, 15) is 0 Å². The summed E-state index contributed by atoms with van der Waals surface area (Å²) in [6, 6.07) is 0. The van der Waals surface area contributed by atoms with E-state index >= 15 is 0 Å². The first-order valence-corrected chi connectivity index (χ1v) is 4.62. The van der Waals surface area contributed by atoms with Crippen molar-refractivity contribution in [2.75, 3.05) is 12.3 Å². The van der Waals surface area contributed by atoms with Crippen LogP contribution in [0, 0.1) is 0 Å². The van der Waals surface area contributed by atoms with Crippen molar-refractivity contribution in [1.29, 1.82) is 0 Å². The van der Waals surface area contributed by atoms with Crippen LogP contribution in [0.3, 0.4) is 0 Å². The first-order chi connectivity index (χ1) is 3.91. The maximum Gasteiger partial charge on any atom is -0.0557 e. The molecule has 0 spiro atoms. The van der Waals surface area contributed by atoms with Crippen molar-refractivity contribution in [2.24, 2.45) is 0 Å². The van der Waals surface area contributed by atoms with E-state index in [4.69, 9.17) is 0 Å². The average molecular weight is 148 g/mol. The topological polar surface area (TPSA) is 0 Å². The molecule has 0 aliphatic rings. The first-order valence-electron chi connectivity index (χ1n) is 3.21. The van der Waals surface area contributed by atoms with Gasteiger partial charge in [0, 0.05) is 0 Å². The predicted octanol–water partition coefficient (Wildman–Crippen LogP) is 2.83. The van der Waals surface area contributed by atoms with Crippen LogP contribution in [0.1, 0.15) is 25.7 Å². The van der Waals surface area contributed by atoms with Gasteiger partial charge in [0.05, 0.1) is 0 Å². The maximum atomic E-state index is 3.43. The van der Waals surface area contributed by atoms with E-state index in [1.165, 1.54) is 25.7 Å². The van der Waals surface area contributed by atoms with Gasteiger partial charge in [0.15, 0.2) is 0 Å². The number of rotatable bonds is 5. The van der Waals surface area contributed by atoms with Gasteiger partial charge in [-0.1, -0.05) is 25.7 Å². The Morgan fingerprint density at radius 3 is 1.25 bits per heavy atom. The summed E-state index contributed by atoms with van der Waals surface area (Å²) in [6.45, 7) is 0. The molecule has 8 heavy (non-hydrogen) atoms. The molecule has 0 nitrogen and oxygen atoms in total. The lowest BCUT2D eigenvalue weighted by molar-refractivity contribution is 0.711. The fourth-order valence-electron chi connectivity index (χ4n) is 0.604. The van der Waals surface area contributed by atoms with Crippen LogP contribution in [-0.2, 0) is 0 Å². The highest BCUT2D eigenvalue weighted by atomic mass is 31.0. The van der Waals surface area contributed by atoms with E-state index in [-0.39, 0.29) is 0 Å². The Hall–Kier alpha value is 0.860. The van der Waals surface area contributed by atoms with Crippen molar-refractivity contribution in [3.63, 3.8) is 0 Å². The van der Waals surface area contributed by atoms with Gasteiger partial charge in [0.25, 0.3) is 0 Å². The van der Waals surface area contributed by atoms with E-state index in [1.807, 2.05) is 0 Å². The fraction of sp³-hybridized carbons (Fsp3) is 1.00. The third-order valence-electron chi connectivity index (χ3n) is 1.10. The molecule has 0 aliphatic carbocycles. The second-order valence-electron chi connectivity index (χ2n) is 1.91. The minimum absolute atomic E-state index is 1.15. The molecule has 0 N–H and O–H groups in total. The zero-order valence-corrected chi connectivity index (χ0v) is 7.24. The number of hydrogen-bond donors (Lipinski definition) is 0. The number of unbranched alkanes of at least 4 members (excludes halogenated alkanes) is 3. The molecule has 0 heterocycles. The van der Waals surface area contributed by atoms with Crippen LogP contribution in [0.4, 0.5) is 0 Å². The molecule has 0 aromatic carbocycles. The lowest BCUT2D eigenvalue weighted by Crippen LogP contribution is -1.78. The standard InChI is InChI=1S/C6H14P2/c7-5-3-1-2-4-6-8/h7-8H,1-6H2/q-2. The molecule has 0 saturated carbocycles. The van der Waals surface area contributed by atoms with Crippen LogP contribution in [-0.4, -0.2) is 12.3 Å². The van der Waals surface area contributed by atoms with Crippen LogP contribution in [0.5, 0.6) is 0 Å². The molecule has 0 unspecified atom stereocenters. The smallest absolute Gasteiger partial charge is 0.0557 e. The Labute approximate surface area is 57.2 Å². The molecular formula is C6H14P2-2. The Morgan fingerprint density at radius 2 is 1.00 bits per heavy atom. The summed E-state index contributed by atoms with van der Waals surface area (Å²) in [7, 11) is 6.86. The van der Waals surface area contributed by atoms with Gasteiger partial charge >= 0.3 is 0 Å². The van der Waals surface area contributed by atoms with Crippen LogP contribution in [0.2, 0.25) is 0 Å². The monoisotopic (exact) mass is 148 g/mol. The van der Waals surface area contributed by atoms with Gasteiger partial charge in [0.2, 0.25) is 0 Å². The molecule has 0 amide bonds.